The molecular formula is C15H20O4. The molecule has 2 unspecified atom stereocenters. The number of aliphatic carboxylic acids is 2. The third-order valence-electron chi connectivity index (χ3n) is 3.29. The molecule has 0 radical (unpaired) electrons. The first kappa shape index (κ1) is 15.2. The van der Waals surface area contributed by atoms with Crippen molar-refractivity contribution in [2.75, 3.05) is 0 Å². The number of carboxylic acids is 2. The molecule has 0 spiro atoms. The molecule has 1 rings (SSSR count). The molecule has 19 heavy (non-hydrogen) atoms. The second-order valence-electron chi connectivity index (χ2n) is 4.70. The Morgan fingerprint density at radius 1 is 1.16 bits per heavy atom. The van der Waals surface area contributed by atoms with E-state index in [0.717, 1.165) is 18.4 Å². The first-order valence-electron chi connectivity index (χ1n) is 6.55. The topological polar surface area (TPSA) is 74.6 Å². The molecule has 0 aliphatic carbocycles. The predicted molar refractivity (Wildman–Crippen MR) is 72.1 cm³/mol. The van der Waals surface area contributed by atoms with Crippen LogP contribution in [-0.2, 0) is 9.59 Å². The van der Waals surface area contributed by atoms with Crippen LogP contribution < -0.4 is 0 Å². The summed E-state index contributed by atoms with van der Waals surface area (Å²) in [5.41, 5.74) is 0.786. The maximum absolute atomic E-state index is 11.4. The van der Waals surface area contributed by atoms with E-state index in [4.69, 9.17) is 5.11 Å². The fourth-order valence-electron chi connectivity index (χ4n) is 2.30. The summed E-state index contributed by atoms with van der Waals surface area (Å²) in [6.45, 7) is 1.99. The molecule has 2 atom stereocenters. The zero-order chi connectivity index (χ0) is 14.3. The fourth-order valence-corrected chi connectivity index (χ4v) is 2.30. The van der Waals surface area contributed by atoms with E-state index in [1.54, 1.807) is 12.1 Å². The molecule has 0 saturated carbocycles. The Bertz CT molecular complexity index is 413. The lowest BCUT2D eigenvalue weighted by molar-refractivity contribution is -0.144. The van der Waals surface area contributed by atoms with Gasteiger partial charge in [-0.15, -0.1) is 0 Å². The minimum Gasteiger partial charge on any atom is -0.481 e. The van der Waals surface area contributed by atoms with Crippen LogP contribution in [0.4, 0.5) is 0 Å². The average molecular weight is 264 g/mol. The van der Waals surface area contributed by atoms with Gasteiger partial charge in [0.1, 0.15) is 0 Å². The minimum atomic E-state index is -0.961. The highest BCUT2D eigenvalue weighted by Gasteiger charge is 2.30. The summed E-state index contributed by atoms with van der Waals surface area (Å²) in [6, 6.07) is 9.06. The Balaban J connectivity index is 2.99. The second kappa shape index (κ2) is 7.56. The van der Waals surface area contributed by atoms with Crippen molar-refractivity contribution in [3.63, 3.8) is 0 Å². The van der Waals surface area contributed by atoms with Crippen molar-refractivity contribution in [1.82, 2.24) is 0 Å². The maximum atomic E-state index is 11.4. The van der Waals surface area contributed by atoms with Gasteiger partial charge in [-0.2, -0.15) is 0 Å². The zero-order valence-electron chi connectivity index (χ0n) is 11.1. The summed E-state index contributed by atoms with van der Waals surface area (Å²) in [4.78, 5) is 22.4. The number of carboxylic acid groups (broad SMARTS) is 2. The molecule has 1 aromatic carbocycles. The molecule has 0 saturated heterocycles. The number of hydrogen-bond acceptors (Lipinski definition) is 2. The molecule has 0 amide bonds. The van der Waals surface area contributed by atoms with Crippen molar-refractivity contribution < 1.29 is 19.8 Å². The lowest BCUT2D eigenvalue weighted by atomic mass is 9.81. The highest BCUT2D eigenvalue weighted by molar-refractivity contribution is 5.74. The molecule has 4 heteroatoms. The van der Waals surface area contributed by atoms with Crippen LogP contribution in [0.15, 0.2) is 30.3 Å². The Labute approximate surface area is 113 Å². The normalized spacial score (nSPS) is 13.7. The molecule has 0 aliphatic heterocycles. The number of unbranched alkanes of at least 4 members (excludes halogenated alkanes) is 1. The summed E-state index contributed by atoms with van der Waals surface area (Å²) in [6.07, 6.45) is 2.06. The maximum Gasteiger partial charge on any atom is 0.307 e. The highest BCUT2D eigenvalue weighted by Crippen LogP contribution is 2.32. The van der Waals surface area contributed by atoms with Crippen LogP contribution in [0.2, 0.25) is 0 Å². The van der Waals surface area contributed by atoms with E-state index < -0.39 is 23.8 Å². The summed E-state index contributed by atoms with van der Waals surface area (Å²) < 4.78 is 0. The highest BCUT2D eigenvalue weighted by atomic mass is 16.4. The van der Waals surface area contributed by atoms with E-state index in [0.29, 0.717) is 6.42 Å². The van der Waals surface area contributed by atoms with Gasteiger partial charge < -0.3 is 10.2 Å². The molecule has 0 heterocycles. The first-order valence-corrected chi connectivity index (χ1v) is 6.55. The van der Waals surface area contributed by atoms with Gasteiger partial charge in [-0.25, -0.2) is 0 Å². The summed E-state index contributed by atoms with van der Waals surface area (Å²) in [7, 11) is 0. The Morgan fingerprint density at radius 2 is 1.79 bits per heavy atom. The molecule has 4 nitrogen and oxygen atoms in total. The van der Waals surface area contributed by atoms with Crippen molar-refractivity contribution in [2.45, 2.75) is 38.5 Å². The third kappa shape index (κ3) is 4.73. The number of carbonyl (C=O) groups is 2. The van der Waals surface area contributed by atoms with Gasteiger partial charge in [0.25, 0.3) is 0 Å². The van der Waals surface area contributed by atoms with Crippen molar-refractivity contribution in [2.24, 2.45) is 5.92 Å². The predicted octanol–water partition coefficient (Wildman–Crippen LogP) is 3.14. The van der Waals surface area contributed by atoms with Gasteiger partial charge in [-0.05, 0) is 12.0 Å². The quantitative estimate of drug-likeness (QED) is 0.756. The molecule has 1 aromatic rings. The Hall–Kier alpha value is -1.84. The smallest absolute Gasteiger partial charge is 0.307 e. The number of rotatable bonds is 8. The van der Waals surface area contributed by atoms with Crippen LogP contribution in [0.1, 0.15) is 44.1 Å². The van der Waals surface area contributed by atoms with Crippen LogP contribution in [0.5, 0.6) is 0 Å². The van der Waals surface area contributed by atoms with Gasteiger partial charge >= 0.3 is 11.9 Å². The fraction of sp³-hybridized carbons (Fsp3) is 0.467. The summed E-state index contributed by atoms with van der Waals surface area (Å²) in [5.74, 6) is -2.98. The third-order valence-corrected chi connectivity index (χ3v) is 3.29. The number of hydrogen-bond donors (Lipinski definition) is 2. The zero-order valence-corrected chi connectivity index (χ0v) is 11.1. The minimum absolute atomic E-state index is 0.148. The van der Waals surface area contributed by atoms with Crippen molar-refractivity contribution >= 4 is 11.9 Å². The van der Waals surface area contributed by atoms with Gasteiger partial charge in [0.2, 0.25) is 0 Å². The lowest BCUT2D eigenvalue weighted by Crippen LogP contribution is -2.24. The molecule has 0 aliphatic rings. The van der Waals surface area contributed by atoms with Gasteiger partial charge in [0, 0.05) is 5.92 Å². The van der Waals surface area contributed by atoms with E-state index in [2.05, 4.69) is 0 Å². The van der Waals surface area contributed by atoms with Crippen LogP contribution in [0, 0.1) is 5.92 Å². The summed E-state index contributed by atoms with van der Waals surface area (Å²) in [5, 5.41) is 18.4. The van der Waals surface area contributed by atoms with E-state index in [9.17, 15) is 14.7 Å². The van der Waals surface area contributed by atoms with Crippen molar-refractivity contribution in [1.29, 1.82) is 0 Å². The monoisotopic (exact) mass is 264 g/mol. The second-order valence-corrected chi connectivity index (χ2v) is 4.70. The molecule has 0 bridgehead atoms. The van der Waals surface area contributed by atoms with E-state index in [1.807, 2.05) is 25.1 Å². The van der Waals surface area contributed by atoms with Crippen LogP contribution in [-0.4, -0.2) is 22.2 Å². The lowest BCUT2D eigenvalue weighted by Gasteiger charge is -2.23. The van der Waals surface area contributed by atoms with Crippen LogP contribution in [0.3, 0.4) is 0 Å². The standard InChI is InChI=1S/C15H20O4/c1-2-3-9-12(15(18)19)13(10-14(16)17)11-7-5-4-6-8-11/h4-8,12-13H,2-3,9-10H2,1H3,(H,16,17)(H,18,19). The average Bonchev–Trinajstić information content (AvgIpc) is 2.38. The molecule has 104 valence electrons. The Morgan fingerprint density at radius 3 is 2.26 bits per heavy atom. The molecular weight excluding hydrogens is 244 g/mol. The number of benzene rings is 1. The van der Waals surface area contributed by atoms with E-state index in [1.165, 1.54) is 0 Å². The van der Waals surface area contributed by atoms with E-state index in [-0.39, 0.29) is 6.42 Å². The van der Waals surface area contributed by atoms with E-state index >= 15 is 0 Å². The Kier molecular flexibility index (Phi) is 6.06. The molecule has 0 fully saturated rings. The SMILES string of the molecule is CCCCC(C(=O)O)C(CC(=O)O)c1ccccc1. The van der Waals surface area contributed by atoms with Crippen LogP contribution in [0.25, 0.3) is 0 Å². The van der Waals surface area contributed by atoms with Gasteiger partial charge in [0.05, 0.1) is 12.3 Å². The summed E-state index contributed by atoms with van der Waals surface area (Å²) >= 11 is 0. The van der Waals surface area contributed by atoms with Gasteiger partial charge in [-0.1, -0.05) is 50.1 Å². The first-order chi connectivity index (χ1) is 9.06. The van der Waals surface area contributed by atoms with Gasteiger partial charge in [0.15, 0.2) is 0 Å². The van der Waals surface area contributed by atoms with Crippen LogP contribution >= 0.6 is 0 Å². The molecule has 0 aromatic heterocycles. The van der Waals surface area contributed by atoms with Crippen molar-refractivity contribution in [3.05, 3.63) is 35.9 Å². The van der Waals surface area contributed by atoms with Gasteiger partial charge in [-0.3, -0.25) is 9.59 Å². The van der Waals surface area contributed by atoms with Crippen molar-refractivity contribution in [3.8, 4) is 0 Å². The largest absolute Gasteiger partial charge is 0.481 e. The molecule has 2 N–H and O–H groups in total.